The Kier molecular flexibility index (Phi) is 13.7. The molecule has 7 heteroatoms. The van der Waals surface area contributed by atoms with Gasteiger partial charge in [0, 0.05) is 39.3 Å². The van der Waals surface area contributed by atoms with Crippen molar-refractivity contribution in [3.63, 3.8) is 0 Å². The average Bonchev–Trinajstić information content (AvgIpc) is 3.29. The van der Waals surface area contributed by atoms with Crippen LogP contribution in [0.1, 0.15) is 38.5 Å². The van der Waals surface area contributed by atoms with E-state index in [0.717, 1.165) is 58.3 Å². The van der Waals surface area contributed by atoms with Crippen molar-refractivity contribution in [3.05, 3.63) is 0 Å². The van der Waals surface area contributed by atoms with Crippen LogP contribution in [0.15, 0.2) is 4.99 Å². The minimum Gasteiger partial charge on any atom is -0.381 e. The van der Waals surface area contributed by atoms with Gasteiger partial charge in [-0.3, -0.25) is 4.99 Å². The second-order valence-corrected chi connectivity index (χ2v) is 6.84. The molecule has 148 valence electrons. The minimum absolute atomic E-state index is 0. The van der Waals surface area contributed by atoms with Gasteiger partial charge in [0.25, 0.3) is 0 Å². The van der Waals surface area contributed by atoms with Gasteiger partial charge in [-0.1, -0.05) is 0 Å². The first-order valence-corrected chi connectivity index (χ1v) is 9.71. The summed E-state index contributed by atoms with van der Waals surface area (Å²) in [5, 5.41) is 6.75. The highest BCUT2D eigenvalue weighted by atomic mass is 127. The van der Waals surface area contributed by atoms with Gasteiger partial charge < -0.3 is 25.0 Å². The Labute approximate surface area is 170 Å². The van der Waals surface area contributed by atoms with E-state index in [1.165, 1.54) is 45.3 Å². The molecule has 2 saturated heterocycles. The second kappa shape index (κ2) is 15.0. The van der Waals surface area contributed by atoms with E-state index in [9.17, 15) is 0 Å². The number of unbranched alkanes of at least 4 members (excludes halogenated alkanes) is 1. The van der Waals surface area contributed by atoms with E-state index < -0.39 is 0 Å². The molecule has 0 amide bonds. The summed E-state index contributed by atoms with van der Waals surface area (Å²) in [6, 6.07) is 0. The second-order valence-electron chi connectivity index (χ2n) is 6.84. The summed E-state index contributed by atoms with van der Waals surface area (Å²) in [6.45, 7) is 9.14. The quantitative estimate of drug-likeness (QED) is 0.211. The van der Waals surface area contributed by atoms with Gasteiger partial charge in [-0.15, -0.1) is 24.0 Å². The molecule has 2 aliphatic rings. The highest BCUT2D eigenvalue weighted by Gasteiger charge is 2.15. The van der Waals surface area contributed by atoms with Crippen LogP contribution >= 0.6 is 24.0 Å². The fourth-order valence-electron chi connectivity index (χ4n) is 3.24. The Morgan fingerprint density at radius 3 is 2.60 bits per heavy atom. The molecule has 1 atom stereocenters. The molecule has 0 aliphatic carbocycles. The van der Waals surface area contributed by atoms with Gasteiger partial charge in [0.2, 0.25) is 0 Å². The summed E-state index contributed by atoms with van der Waals surface area (Å²) in [7, 11) is 1.83. The van der Waals surface area contributed by atoms with Crippen LogP contribution < -0.4 is 10.6 Å². The number of halogens is 1. The molecule has 2 fully saturated rings. The largest absolute Gasteiger partial charge is 0.381 e. The van der Waals surface area contributed by atoms with E-state index >= 15 is 0 Å². The number of hydrogen-bond donors (Lipinski definition) is 2. The van der Waals surface area contributed by atoms with Gasteiger partial charge >= 0.3 is 0 Å². The van der Waals surface area contributed by atoms with Crippen molar-refractivity contribution >= 4 is 29.9 Å². The lowest BCUT2D eigenvalue weighted by Crippen LogP contribution is -2.38. The van der Waals surface area contributed by atoms with E-state index in [2.05, 4.69) is 20.5 Å². The van der Waals surface area contributed by atoms with Crippen LogP contribution in [0.5, 0.6) is 0 Å². The molecule has 2 aliphatic heterocycles. The van der Waals surface area contributed by atoms with E-state index in [0.29, 0.717) is 5.92 Å². The summed E-state index contributed by atoms with van der Waals surface area (Å²) in [5.74, 6) is 1.51. The van der Waals surface area contributed by atoms with E-state index in [4.69, 9.17) is 9.47 Å². The Morgan fingerprint density at radius 1 is 1.16 bits per heavy atom. The first-order chi connectivity index (χ1) is 11.9. The number of nitrogens with zero attached hydrogens (tertiary/aromatic N) is 2. The predicted octanol–water partition coefficient (Wildman–Crippen LogP) is 2.09. The van der Waals surface area contributed by atoms with Gasteiger partial charge in [-0.2, -0.15) is 0 Å². The maximum atomic E-state index is 5.71. The van der Waals surface area contributed by atoms with Crippen LogP contribution in [0.25, 0.3) is 0 Å². The van der Waals surface area contributed by atoms with Crippen molar-refractivity contribution in [2.75, 3.05) is 66.2 Å². The van der Waals surface area contributed by atoms with E-state index in [1.54, 1.807) is 0 Å². The molecule has 0 aromatic heterocycles. The lowest BCUT2D eigenvalue weighted by atomic mass is 10.1. The Bertz CT molecular complexity index is 346. The lowest BCUT2D eigenvalue weighted by Gasteiger charge is -2.15. The van der Waals surface area contributed by atoms with Crippen molar-refractivity contribution in [2.24, 2.45) is 10.9 Å². The number of nitrogens with one attached hydrogen (secondary N) is 2. The number of likely N-dealkylation sites (tertiary alicyclic amines) is 1. The molecule has 25 heavy (non-hydrogen) atoms. The Balaban J connectivity index is 0.00000312. The maximum absolute atomic E-state index is 5.71. The van der Waals surface area contributed by atoms with Gasteiger partial charge in [0.05, 0.1) is 13.2 Å². The predicted molar refractivity (Wildman–Crippen MR) is 114 cm³/mol. The summed E-state index contributed by atoms with van der Waals surface area (Å²) in [6.07, 6.45) is 7.38. The molecule has 2 N–H and O–H groups in total. The fraction of sp³-hybridized carbons (Fsp3) is 0.944. The van der Waals surface area contributed by atoms with Gasteiger partial charge in [-0.05, 0) is 58.2 Å². The molecular formula is C18H37IN4O2. The Hall–Kier alpha value is -0.120. The first-order valence-electron chi connectivity index (χ1n) is 9.71. The highest BCUT2D eigenvalue weighted by Crippen LogP contribution is 2.12. The van der Waals surface area contributed by atoms with Crippen molar-refractivity contribution in [1.82, 2.24) is 15.5 Å². The van der Waals surface area contributed by atoms with E-state index in [1.807, 2.05) is 7.05 Å². The minimum atomic E-state index is 0. The molecule has 6 nitrogen and oxygen atoms in total. The molecule has 0 radical (unpaired) electrons. The van der Waals surface area contributed by atoms with Crippen LogP contribution in [0, 0.1) is 5.92 Å². The standard InChI is InChI=1S/C18H36N4O2.HI/c1-19-18(20-8-2-3-10-22-11-4-5-12-22)21-9-6-13-23-15-17-7-14-24-16-17;/h17H,2-16H2,1H3,(H2,19,20,21);1H. The number of rotatable bonds is 11. The van der Waals surface area contributed by atoms with Gasteiger partial charge in [0.1, 0.15) is 0 Å². The molecular weight excluding hydrogens is 431 g/mol. The molecule has 2 rings (SSSR count). The van der Waals surface area contributed by atoms with Crippen LogP contribution in [0.2, 0.25) is 0 Å². The monoisotopic (exact) mass is 468 g/mol. The lowest BCUT2D eigenvalue weighted by molar-refractivity contribution is 0.0888. The zero-order chi connectivity index (χ0) is 16.9. The van der Waals surface area contributed by atoms with Crippen LogP contribution in [0.4, 0.5) is 0 Å². The molecule has 0 bridgehead atoms. The molecule has 0 spiro atoms. The number of ether oxygens (including phenoxy) is 2. The van der Waals surface area contributed by atoms with Crippen molar-refractivity contribution in [2.45, 2.75) is 38.5 Å². The van der Waals surface area contributed by atoms with Crippen molar-refractivity contribution < 1.29 is 9.47 Å². The highest BCUT2D eigenvalue weighted by molar-refractivity contribution is 14.0. The first kappa shape index (κ1) is 22.9. The average molecular weight is 468 g/mol. The topological polar surface area (TPSA) is 58.1 Å². The summed E-state index contributed by atoms with van der Waals surface area (Å²) >= 11 is 0. The molecule has 1 unspecified atom stereocenters. The third-order valence-electron chi connectivity index (χ3n) is 4.75. The fourth-order valence-corrected chi connectivity index (χ4v) is 3.24. The summed E-state index contributed by atoms with van der Waals surface area (Å²) < 4.78 is 11.1. The Morgan fingerprint density at radius 2 is 1.92 bits per heavy atom. The maximum Gasteiger partial charge on any atom is 0.190 e. The van der Waals surface area contributed by atoms with Crippen LogP contribution in [-0.2, 0) is 9.47 Å². The SMILES string of the molecule is CN=C(NCCCCN1CCCC1)NCCCOCC1CCOC1.I. The van der Waals surface area contributed by atoms with E-state index in [-0.39, 0.29) is 24.0 Å². The number of hydrogen-bond acceptors (Lipinski definition) is 4. The van der Waals surface area contributed by atoms with Crippen LogP contribution in [-0.4, -0.2) is 77.1 Å². The van der Waals surface area contributed by atoms with Gasteiger partial charge in [0.15, 0.2) is 5.96 Å². The smallest absolute Gasteiger partial charge is 0.190 e. The number of aliphatic imine (C=N–C) groups is 1. The van der Waals surface area contributed by atoms with Crippen molar-refractivity contribution in [1.29, 1.82) is 0 Å². The molecule has 0 saturated carbocycles. The van der Waals surface area contributed by atoms with Crippen LogP contribution in [0.3, 0.4) is 0 Å². The normalized spacial score (nSPS) is 21.3. The third-order valence-corrected chi connectivity index (χ3v) is 4.75. The van der Waals surface area contributed by atoms with Gasteiger partial charge in [-0.25, -0.2) is 0 Å². The molecule has 2 heterocycles. The zero-order valence-electron chi connectivity index (χ0n) is 15.8. The third kappa shape index (κ3) is 10.6. The summed E-state index contributed by atoms with van der Waals surface area (Å²) in [4.78, 5) is 6.84. The number of guanidine groups is 1. The zero-order valence-corrected chi connectivity index (χ0v) is 18.1. The molecule has 0 aromatic carbocycles. The molecule has 0 aromatic rings. The summed E-state index contributed by atoms with van der Waals surface area (Å²) in [5.41, 5.74) is 0. The van der Waals surface area contributed by atoms with Crippen molar-refractivity contribution in [3.8, 4) is 0 Å².